The van der Waals surface area contributed by atoms with Gasteiger partial charge in [0.25, 0.3) is 5.91 Å². The molecule has 7 heteroatoms. The Morgan fingerprint density at radius 3 is 2.65 bits per heavy atom. The highest BCUT2D eigenvalue weighted by molar-refractivity contribution is 7.13. The van der Waals surface area contributed by atoms with Crippen LogP contribution in [0.1, 0.15) is 10.4 Å². The number of pyridine rings is 1. The van der Waals surface area contributed by atoms with Crippen LogP contribution in [0.4, 0.5) is 13.2 Å². The number of carbonyl (C=O) groups excluding carboxylic acids is 1. The van der Waals surface area contributed by atoms with Crippen LogP contribution in [0, 0.1) is 0 Å². The number of nitrogens with zero attached hydrogens (tertiary/aromatic N) is 1. The second-order valence-electron chi connectivity index (χ2n) is 4.85. The lowest BCUT2D eigenvalue weighted by molar-refractivity contribution is -0.123. The quantitative estimate of drug-likeness (QED) is 0.777. The van der Waals surface area contributed by atoms with Gasteiger partial charge >= 0.3 is 6.18 Å². The van der Waals surface area contributed by atoms with Crippen LogP contribution in [0.5, 0.6) is 0 Å². The zero-order valence-electron chi connectivity index (χ0n) is 11.7. The molecule has 0 radical (unpaired) electrons. The molecule has 0 spiro atoms. The van der Waals surface area contributed by atoms with Crippen LogP contribution in [-0.2, 0) is 0 Å². The third kappa shape index (κ3) is 3.50. The van der Waals surface area contributed by atoms with Gasteiger partial charge < -0.3 is 5.32 Å². The van der Waals surface area contributed by atoms with E-state index in [-0.39, 0.29) is 5.56 Å². The van der Waals surface area contributed by atoms with Crippen molar-refractivity contribution >= 4 is 28.1 Å². The summed E-state index contributed by atoms with van der Waals surface area (Å²) in [6.07, 6.45) is -4.45. The van der Waals surface area contributed by atoms with Gasteiger partial charge in [-0.15, -0.1) is 11.3 Å². The second kappa shape index (κ2) is 6.00. The summed E-state index contributed by atoms with van der Waals surface area (Å²) in [6, 6.07) is 12.1. The maximum atomic E-state index is 12.3. The maximum absolute atomic E-state index is 12.3. The van der Waals surface area contributed by atoms with Gasteiger partial charge in [-0.1, -0.05) is 24.3 Å². The fourth-order valence-electron chi connectivity index (χ4n) is 2.19. The van der Waals surface area contributed by atoms with Gasteiger partial charge in [-0.3, -0.25) is 4.79 Å². The maximum Gasteiger partial charge on any atom is 0.405 e. The van der Waals surface area contributed by atoms with E-state index in [2.05, 4.69) is 4.98 Å². The fraction of sp³-hybridized carbons (Fsp3) is 0.125. The number of rotatable bonds is 3. The number of carbonyl (C=O) groups is 1. The first-order valence-corrected chi connectivity index (χ1v) is 7.60. The summed E-state index contributed by atoms with van der Waals surface area (Å²) in [5, 5.41) is 4.31. The highest BCUT2D eigenvalue weighted by Crippen LogP contribution is 2.28. The minimum Gasteiger partial charge on any atom is -0.343 e. The van der Waals surface area contributed by atoms with Gasteiger partial charge in [-0.2, -0.15) is 13.2 Å². The molecule has 2 heterocycles. The van der Waals surface area contributed by atoms with Gasteiger partial charge in [0.2, 0.25) is 0 Å². The third-order valence-corrected chi connectivity index (χ3v) is 4.08. The number of alkyl halides is 3. The number of amides is 1. The Bertz CT molecular complexity index is 844. The molecule has 0 saturated carbocycles. The van der Waals surface area contributed by atoms with E-state index in [1.807, 2.05) is 22.8 Å². The fourth-order valence-corrected chi connectivity index (χ4v) is 2.88. The van der Waals surface area contributed by atoms with E-state index in [9.17, 15) is 18.0 Å². The summed E-state index contributed by atoms with van der Waals surface area (Å²) in [6.45, 7) is -1.36. The molecule has 0 atom stereocenters. The van der Waals surface area contributed by atoms with Crippen molar-refractivity contribution in [1.29, 1.82) is 0 Å². The molecular formula is C16H11F3N2OS. The summed E-state index contributed by atoms with van der Waals surface area (Å²) in [5.74, 6) is -0.765. The van der Waals surface area contributed by atoms with Crippen molar-refractivity contribution < 1.29 is 18.0 Å². The van der Waals surface area contributed by atoms with Gasteiger partial charge in [0, 0.05) is 5.39 Å². The predicted octanol–water partition coefficient (Wildman–Crippen LogP) is 4.26. The van der Waals surface area contributed by atoms with Crippen LogP contribution in [-0.4, -0.2) is 23.6 Å². The Morgan fingerprint density at radius 2 is 1.96 bits per heavy atom. The van der Waals surface area contributed by atoms with Crippen molar-refractivity contribution in [2.24, 2.45) is 0 Å². The van der Waals surface area contributed by atoms with E-state index in [0.717, 1.165) is 4.88 Å². The summed E-state index contributed by atoms with van der Waals surface area (Å²) < 4.78 is 37.0. The lowest BCUT2D eigenvalue weighted by Gasteiger charge is -2.11. The van der Waals surface area contributed by atoms with Crippen LogP contribution < -0.4 is 5.32 Å². The van der Waals surface area contributed by atoms with Gasteiger partial charge in [-0.25, -0.2) is 4.98 Å². The first kappa shape index (κ1) is 15.5. The zero-order chi connectivity index (χ0) is 16.4. The molecule has 23 heavy (non-hydrogen) atoms. The zero-order valence-corrected chi connectivity index (χ0v) is 12.5. The first-order valence-electron chi connectivity index (χ1n) is 6.73. The van der Waals surface area contributed by atoms with Crippen molar-refractivity contribution in [2.45, 2.75) is 6.18 Å². The molecule has 0 bridgehead atoms. The molecule has 0 fully saturated rings. The van der Waals surface area contributed by atoms with Gasteiger partial charge in [0.05, 0.1) is 21.7 Å². The third-order valence-electron chi connectivity index (χ3n) is 3.18. The molecule has 2 aromatic heterocycles. The van der Waals surface area contributed by atoms with Gasteiger partial charge in [-0.05, 0) is 23.6 Å². The summed E-state index contributed by atoms with van der Waals surface area (Å²) >= 11 is 1.45. The molecule has 0 saturated heterocycles. The Morgan fingerprint density at radius 1 is 1.17 bits per heavy atom. The lowest BCUT2D eigenvalue weighted by atomic mass is 10.1. The van der Waals surface area contributed by atoms with Crippen LogP contribution in [0.15, 0.2) is 47.8 Å². The van der Waals surface area contributed by atoms with E-state index in [1.165, 1.54) is 17.4 Å². The SMILES string of the molecule is O=C(NCC(F)(F)F)c1cc(-c2cccs2)nc2ccccc12. The lowest BCUT2D eigenvalue weighted by Crippen LogP contribution is -2.33. The average molecular weight is 336 g/mol. The molecule has 0 aliphatic heterocycles. The van der Waals surface area contributed by atoms with Gasteiger partial charge in [0.1, 0.15) is 6.54 Å². The van der Waals surface area contributed by atoms with E-state index in [0.29, 0.717) is 16.6 Å². The standard InChI is InChI=1S/C16H11F3N2OS/c17-16(18,19)9-20-15(22)11-8-13(14-6-3-7-23-14)21-12-5-2-1-4-10(11)12/h1-8H,9H2,(H,20,22). The van der Waals surface area contributed by atoms with Crippen molar-refractivity contribution in [1.82, 2.24) is 10.3 Å². The number of fused-ring (bicyclic) bond motifs is 1. The topological polar surface area (TPSA) is 42.0 Å². The van der Waals surface area contributed by atoms with E-state index in [4.69, 9.17) is 0 Å². The number of benzene rings is 1. The molecule has 1 aromatic carbocycles. The number of para-hydroxylation sites is 1. The van der Waals surface area contributed by atoms with E-state index < -0.39 is 18.6 Å². The van der Waals surface area contributed by atoms with E-state index >= 15 is 0 Å². The van der Waals surface area contributed by atoms with Crippen molar-refractivity contribution in [3.8, 4) is 10.6 Å². The highest BCUT2D eigenvalue weighted by Gasteiger charge is 2.28. The molecule has 3 rings (SSSR count). The van der Waals surface area contributed by atoms with Gasteiger partial charge in [0.15, 0.2) is 0 Å². The Kier molecular flexibility index (Phi) is 4.04. The van der Waals surface area contributed by atoms with Crippen molar-refractivity contribution in [2.75, 3.05) is 6.54 Å². The average Bonchev–Trinajstić information content (AvgIpc) is 3.05. The Hall–Kier alpha value is -2.41. The highest BCUT2D eigenvalue weighted by atomic mass is 32.1. The number of hydrogen-bond acceptors (Lipinski definition) is 3. The summed E-state index contributed by atoms with van der Waals surface area (Å²) in [4.78, 5) is 17.5. The predicted molar refractivity (Wildman–Crippen MR) is 83.4 cm³/mol. The number of nitrogens with one attached hydrogen (secondary N) is 1. The first-order chi connectivity index (χ1) is 10.9. The Labute approximate surface area is 133 Å². The smallest absolute Gasteiger partial charge is 0.343 e. The van der Waals surface area contributed by atoms with Crippen molar-refractivity contribution in [3.63, 3.8) is 0 Å². The Balaban J connectivity index is 2.05. The van der Waals surface area contributed by atoms with E-state index in [1.54, 1.807) is 24.3 Å². The number of halogens is 3. The van der Waals surface area contributed by atoms with Crippen LogP contribution in [0.3, 0.4) is 0 Å². The largest absolute Gasteiger partial charge is 0.405 e. The van der Waals surface area contributed by atoms with Crippen LogP contribution >= 0.6 is 11.3 Å². The monoisotopic (exact) mass is 336 g/mol. The molecule has 1 N–H and O–H groups in total. The molecule has 0 unspecified atom stereocenters. The molecule has 3 nitrogen and oxygen atoms in total. The minimum absolute atomic E-state index is 0.184. The number of hydrogen-bond donors (Lipinski definition) is 1. The summed E-state index contributed by atoms with van der Waals surface area (Å²) in [5.41, 5.74) is 1.31. The molecule has 118 valence electrons. The van der Waals surface area contributed by atoms with Crippen molar-refractivity contribution in [3.05, 3.63) is 53.4 Å². The number of thiophene rings is 1. The van der Waals surface area contributed by atoms with Crippen LogP contribution in [0.2, 0.25) is 0 Å². The molecule has 0 aliphatic rings. The molecule has 3 aromatic rings. The second-order valence-corrected chi connectivity index (χ2v) is 5.80. The normalized spacial score (nSPS) is 11.6. The van der Waals surface area contributed by atoms with Crippen LogP contribution in [0.25, 0.3) is 21.5 Å². The molecule has 0 aliphatic carbocycles. The number of aromatic nitrogens is 1. The minimum atomic E-state index is -4.45. The molecule has 1 amide bonds. The molecular weight excluding hydrogens is 325 g/mol. The summed E-state index contributed by atoms with van der Waals surface area (Å²) in [7, 11) is 0.